The number of carbonyl (C=O) groups excluding carboxylic acids is 1. The first kappa shape index (κ1) is 15.3. The van der Waals surface area contributed by atoms with E-state index in [-0.39, 0.29) is 17.8 Å². The first-order valence-corrected chi connectivity index (χ1v) is 6.36. The van der Waals surface area contributed by atoms with Gasteiger partial charge >= 0.3 is 0 Å². The SMILES string of the molecule is Cc1cc(C(=O)N(CCO)CC(F)F)c2c(C)noc2n1. The summed E-state index contributed by atoms with van der Waals surface area (Å²) in [6.07, 6.45) is -2.68. The van der Waals surface area contributed by atoms with Crippen molar-refractivity contribution >= 4 is 17.0 Å². The van der Waals surface area contributed by atoms with Crippen LogP contribution in [0.1, 0.15) is 21.7 Å². The molecule has 8 heteroatoms. The maximum absolute atomic E-state index is 12.6. The number of nitrogens with zero attached hydrogens (tertiary/aromatic N) is 3. The van der Waals surface area contributed by atoms with Gasteiger partial charge in [-0.15, -0.1) is 0 Å². The number of carbonyl (C=O) groups is 1. The number of alkyl halides is 2. The minimum absolute atomic E-state index is 0.170. The smallest absolute Gasteiger partial charge is 0.258 e. The van der Waals surface area contributed by atoms with E-state index in [0.717, 1.165) is 4.90 Å². The molecule has 6 nitrogen and oxygen atoms in total. The van der Waals surface area contributed by atoms with Crippen molar-refractivity contribution in [3.8, 4) is 0 Å². The van der Waals surface area contributed by atoms with Gasteiger partial charge in [0.05, 0.1) is 29.8 Å². The van der Waals surface area contributed by atoms with Gasteiger partial charge in [0, 0.05) is 12.2 Å². The van der Waals surface area contributed by atoms with Gasteiger partial charge < -0.3 is 14.5 Å². The summed E-state index contributed by atoms with van der Waals surface area (Å²) in [6, 6.07) is 1.50. The molecule has 2 heterocycles. The van der Waals surface area contributed by atoms with Gasteiger partial charge in [-0.2, -0.15) is 0 Å². The molecule has 0 aliphatic rings. The van der Waals surface area contributed by atoms with Gasteiger partial charge in [0.15, 0.2) is 0 Å². The minimum Gasteiger partial charge on any atom is -0.395 e. The molecule has 0 aliphatic carbocycles. The van der Waals surface area contributed by atoms with Crippen LogP contribution in [0.5, 0.6) is 0 Å². The van der Waals surface area contributed by atoms with E-state index in [9.17, 15) is 13.6 Å². The molecule has 21 heavy (non-hydrogen) atoms. The Morgan fingerprint density at radius 3 is 2.81 bits per heavy atom. The van der Waals surface area contributed by atoms with Crippen molar-refractivity contribution in [3.05, 3.63) is 23.0 Å². The van der Waals surface area contributed by atoms with Crippen LogP contribution in [-0.2, 0) is 0 Å². The van der Waals surface area contributed by atoms with Gasteiger partial charge in [-0.3, -0.25) is 4.79 Å². The largest absolute Gasteiger partial charge is 0.395 e. The van der Waals surface area contributed by atoms with E-state index in [1.165, 1.54) is 6.07 Å². The highest BCUT2D eigenvalue weighted by atomic mass is 19.3. The van der Waals surface area contributed by atoms with Gasteiger partial charge in [-0.05, 0) is 19.9 Å². The maximum Gasteiger partial charge on any atom is 0.258 e. The molecule has 1 N–H and O–H groups in total. The normalized spacial score (nSPS) is 11.3. The topological polar surface area (TPSA) is 79.5 Å². The molecular weight excluding hydrogens is 284 g/mol. The molecule has 0 saturated heterocycles. The van der Waals surface area contributed by atoms with Crippen LogP contribution in [-0.4, -0.2) is 52.2 Å². The Kier molecular flexibility index (Phi) is 4.46. The van der Waals surface area contributed by atoms with Crippen LogP contribution in [0.4, 0.5) is 8.78 Å². The van der Waals surface area contributed by atoms with E-state index >= 15 is 0 Å². The Morgan fingerprint density at radius 1 is 1.48 bits per heavy atom. The standard InChI is InChI=1S/C13H15F2N3O3/c1-7-5-9(11-8(2)17-21-12(11)16-7)13(20)18(3-4-19)6-10(14)15/h5,10,19H,3-4,6H2,1-2H3. The lowest BCUT2D eigenvalue weighted by Crippen LogP contribution is -2.37. The molecular formula is C13H15F2N3O3. The van der Waals surface area contributed by atoms with Crippen molar-refractivity contribution in [3.63, 3.8) is 0 Å². The number of rotatable bonds is 5. The molecule has 0 spiro atoms. The minimum atomic E-state index is -2.68. The number of aryl methyl sites for hydroxylation is 2. The molecule has 2 rings (SSSR count). The van der Waals surface area contributed by atoms with Crippen molar-refractivity contribution in [1.29, 1.82) is 0 Å². The summed E-state index contributed by atoms with van der Waals surface area (Å²) in [5.41, 5.74) is 1.37. The molecule has 0 saturated carbocycles. The average molecular weight is 299 g/mol. The molecule has 0 aliphatic heterocycles. The number of aliphatic hydroxyl groups excluding tert-OH is 1. The molecule has 2 aromatic rings. The van der Waals surface area contributed by atoms with E-state index in [0.29, 0.717) is 16.8 Å². The van der Waals surface area contributed by atoms with Crippen LogP contribution >= 0.6 is 0 Å². The summed E-state index contributed by atoms with van der Waals surface area (Å²) in [7, 11) is 0. The molecule has 114 valence electrons. The number of aromatic nitrogens is 2. The van der Waals surface area contributed by atoms with Crippen molar-refractivity contribution < 1.29 is 23.2 Å². The van der Waals surface area contributed by atoms with Crippen LogP contribution in [0, 0.1) is 13.8 Å². The Hall–Kier alpha value is -2.09. The second kappa shape index (κ2) is 6.13. The quantitative estimate of drug-likeness (QED) is 0.906. The third-order valence-electron chi connectivity index (χ3n) is 2.99. The van der Waals surface area contributed by atoms with Gasteiger partial charge in [0.2, 0.25) is 0 Å². The van der Waals surface area contributed by atoms with Gasteiger partial charge in [-0.1, -0.05) is 5.16 Å². The molecule has 2 aromatic heterocycles. The fourth-order valence-corrected chi connectivity index (χ4v) is 2.12. The summed E-state index contributed by atoms with van der Waals surface area (Å²) in [4.78, 5) is 17.5. The van der Waals surface area contributed by atoms with Crippen molar-refractivity contribution in [2.24, 2.45) is 0 Å². The molecule has 1 amide bonds. The van der Waals surface area contributed by atoms with Crippen LogP contribution in [0.3, 0.4) is 0 Å². The fraction of sp³-hybridized carbons (Fsp3) is 0.462. The number of amides is 1. The van der Waals surface area contributed by atoms with Crippen LogP contribution in [0.15, 0.2) is 10.6 Å². The van der Waals surface area contributed by atoms with E-state index in [1.54, 1.807) is 13.8 Å². The molecule has 0 unspecified atom stereocenters. The summed E-state index contributed by atoms with van der Waals surface area (Å²) in [6.45, 7) is 2.00. The number of aliphatic hydroxyl groups is 1. The van der Waals surface area contributed by atoms with E-state index < -0.39 is 25.5 Å². The van der Waals surface area contributed by atoms with Crippen LogP contribution in [0.2, 0.25) is 0 Å². The van der Waals surface area contributed by atoms with Gasteiger partial charge in [0.25, 0.3) is 18.0 Å². The molecule has 0 aromatic carbocycles. The highest BCUT2D eigenvalue weighted by Gasteiger charge is 2.24. The Morgan fingerprint density at radius 2 is 2.19 bits per heavy atom. The predicted molar refractivity (Wildman–Crippen MR) is 70.3 cm³/mol. The zero-order valence-corrected chi connectivity index (χ0v) is 11.6. The second-order valence-electron chi connectivity index (χ2n) is 4.63. The summed E-state index contributed by atoms with van der Waals surface area (Å²) in [5, 5.41) is 13.1. The van der Waals surface area contributed by atoms with E-state index in [2.05, 4.69) is 10.1 Å². The van der Waals surface area contributed by atoms with Gasteiger partial charge in [-0.25, -0.2) is 13.8 Å². The van der Waals surface area contributed by atoms with Crippen LogP contribution in [0.25, 0.3) is 11.1 Å². The molecule has 0 bridgehead atoms. The molecule has 0 fully saturated rings. The first-order chi connectivity index (χ1) is 9.93. The number of pyridine rings is 1. The Balaban J connectivity index is 2.48. The number of halogens is 2. The van der Waals surface area contributed by atoms with Crippen LogP contribution < -0.4 is 0 Å². The number of hydrogen-bond acceptors (Lipinski definition) is 5. The van der Waals surface area contributed by atoms with Gasteiger partial charge in [0.1, 0.15) is 0 Å². The Bertz CT molecular complexity index is 657. The summed E-state index contributed by atoms with van der Waals surface area (Å²) < 4.78 is 30.2. The van der Waals surface area contributed by atoms with E-state index in [1.807, 2.05) is 0 Å². The maximum atomic E-state index is 12.6. The predicted octanol–water partition coefficient (Wildman–Crippen LogP) is 1.54. The zero-order chi connectivity index (χ0) is 15.6. The van der Waals surface area contributed by atoms with Crippen molar-refractivity contribution in [1.82, 2.24) is 15.0 Å². The monoisotopic (exact) mass is 299 g/mol. The highest BCUT2D eigenvalue weighted by Crippen LogP contribution is 2.23. The summed E-state index contributed by atoms with van der Waals surface area (Å²) in [5.74, 6) is -0.605. The third-order valence-corrected chi connectivity index (χ3v) is 2.99. The molecule has 0 atom stereocenters. The number of hydrogen-bond donors (Lipinski definition) is 1. The zero-order valence-electron chi connectivity index (χ0n) is 11.6. The third kappa shape index (κ3) is 3.15. The fourth-order valence-electron chi connectivity index (χ4n) is 2.12. The molecule has 0 radical (unpaired) electrons. The summed E-state index contributed by atoms with van der Waals surface area (Å²) >= 11 is 0. The second-order valence-corrected chi connectivity index (χ2v) is 4.63. The Labute approximate surface area is 119 Å². The van der Waals surface area contributed by atoms with Crippen molar-refractivity contribution in [2.75, 3.05) is 19.7 Å². The van der Waals surface area contributed by atoms with E-state index in [4.69, 9.17) is 9.63 Å². The van der Waals surface area contributed by atoms with Crippen molar-refractivity contribution in [2.45, 2.75) is 20.3 Å². The highest BCUT2D eigenvalue weighted by molar-refractivity contribution is 6.06. The lowest BCUT2D eigenvalue weighted by atomic mass is 10.1. The number of fused-ring (bicyclic) bond motifs is 1. The first-order valence-electron chi connectivity index (χ1n) is 6.36. The lowest BCUT2D eigenvalue weighted by molar-refractivity contribution is 0.0510. The average Bonchev–Trinajstić information content (AvgIpc) is 2.77. The lowest BCUT2D eigenvalue weighted by Gasteiger charge is -2.21.